The molecule has 5 heteroatoms. The molecule has 0 N–H and O–H groups in total. The summed E-state index contributed by atoms with van der Waals surface area (Å²) in [4.78, 5) is 16.0. The summed E-state index contributed by atoms with van der Waals surface area (Å²) >= 11 is 1.68. The van der Waals surface area contributed by atoms with Gasteiger partial charge in [-0.1, -0.05) is 23.4 Å². The van der Waals surface area contributed by atoms with Crippen LogP contribution in [0.4, 0.5) is 0 Å². The Hall–Kier alpha value is -1.75. The number of hydrogen-bond donors (Lipinski definition) is 0. The summed E-state index contributed by atoms with van der Waals surface area (Å²) in [5.74, 6) is 1.73. The molecule has 0 atom stereocenters. The van der Waals surface area contributed by atoms with E-state index in [4.69, 9.17) is 4.74 Å². The molecule has 19 heavy (non-hydrogen) atoms. The van der Waals surface area contributed by atoms with Gasteiger partial charge in [-0.2, -0.15) is 0 Å². The third-order valence-corrected chi connectivity index (χ3v) is 4.20. The number of methoxy groups -OCH3 is 1. The van der Waals surface area contributed by atoms with Crippen molar-refractivity contribution in [2.45, 2.75) is 18.6 Å². The highest BCUT2D eigenvalue weighted by atomic mass is 32.2. The molecule has 0 bridgehead atoms. The summed E-state index contributed by atoms with van der Waals surface area (Å²) in [6.45, 7) is 2.86. The number of benzene rings is 1. The van der Waals surface area contributed by atoms with Gasteiger partial charge in [0.15, 0.2) is 11.4 Å². The third-order valence-electron chi connectivity index (χ3n) is 3.24. The van der Waals surface area contributed by atoms with Crippen LogP contribution in [0.2, 0.25) is 0 Å². The van der Waals surface area contributed by atoms with E-state index in [-0.39, 0.29) is 0 Å². The van der Waals surface area contributed by atoms with Crippen molar-refractivity contribution in [3.05, 3.63) is 29.5 Å². The smallest absolute Gasteiger partial charge is 0.169 e. The summed E-state index contributed by atoms with van der Waals surface area (Å²) < 4.78 is 7.36. The zero-order valence-corrected chi connectivity index (χ0v) is 11.7. The summed E-state index contributed by atoms with van der Waals surface area (Å²) in [6.07, 6.45) is 0.888. The van der Waals surface area contributed by atoms with Crippen molar-refractivity contribution >= 4 is 18.0 Å². The van der Waals surface area contributed by atoms with E-state index in [0.29, 0.717) is 5.69 Å². The van der Waals surface area contributed by atoms with E-state index < -0.39 is 0 Å². The van der Waals surface area contributed by atoms with Crippen LogP contribution in [-0.2, 0) is 6.54 Å². The van der Waals surface area contributed by atoms with Crippen molar-refractivity contribution < 1.29 is 9.53 Å². The maximum atomic E-state index is 11.4. The molecule has 0 spiro atoms. The van der Waals surface area contributed by atoms with Crippen LogP contribution in [0.5, 0.6) is 5.75 Å². The number of carbonyl (C=O) groups is 1. The minimum atomic E-state index is 0.643. The molecule has 2 aromatic rings. The van der Waals surface area contributed by atoms with E-state index in [1.165, 1.54) is 0 Å². The van der Waals surface area contributed by atoms with E-state index in [1.807, 2.05) is 29.7 Å². The molecule has 98 valence electrons. The lowest BCUT2D eigenvalue weighted by Crippen LogP contribution is -2.00. The highest BCUT2D eigenvalue weighted by molar-refractivity contribution is 7.99. The van der Waals surface area contributed by atoms with Gasteiger partial charge < -0.3 is 9.30 Å². The van der Waals surface area contributed by atoms with E-state index in [0.717, 1.165) is 46.3 Å². The molecule has 1 aromatic carbocycles. The molecule has 0 aliphatic carbocycles. The Morgan fingerprint density at radius 2 is 2.32 bits per heavy atom. The van der Waals surface area contributed by atoms with Crippen LogP contribution in [0, 0.1) is 6.92 Å². The zero-order valence-electron chi connectivity index (χ0n) is 10.8. The summed E-state index contributed by atoms with van der Waals surface area (Å²) in [7, 11) is 1.63. The molecule has 0 fully saturated rings. The number of fused-ring (bicyclic) bond motifs is 1. The van der Waals surface area contributed by atoms with Crippen molar-refractivity contribution in [2.75, 3.05) is 12.9 Å². The molecule has 1 aromatic heterocycles. The van der Waals surface area contributed by atoms with Crippen molar-refractivity contribution in [1.29, 1.82) is 0 Å². The quantitative estimate of drug-likeness (QED) is 0.807. The highest BCUT2D eigenvalue weighted by Gasteiger charge is 2.23. The number of carbonyl (C=O) groups excluding carboxylic acids is 1. The van der Waals surface area contributed by atoms with Gasteiger partial charge in [0.05, 0.1) is 7.11 Å². The monoisotopic (exact) mass is 274 g/mol. The summed E-state index contributed by atoms with van der Waals surface area (Å²) in [5, 5.41) is 0.917. The number of aromatic nitrogens is 2. The first kappa shape index (κ1) is 12.3. The second kappa shape index (κ2) is 4.74. The molecule has 0 saturated carbocycles. The van der Waals surface area contributed by atoms with Crippen LogP contribution in [0.3, 0.4) is 0 Å². The first-order chi connectivity index (χ1) is 9.24. The number of aryl methyl sites for hydroxylation is 1. The Morgan fingerprint density at radius 1 is 1.47 bits per heavy atom. The van der Waals surface area contributed by atoms with Crippen molar-refractivity contribution in [3.8, 4) is 17.0 Å². The fourth-order valence-electron chi connectivity index (χ4n) is 2.32. The minimum absolute atomic E-state index is 0.643. The Kier molecular flexibility index (Phi) is 3.06. The van der Waals surface area contributed by atoms with Crippen LogP contribution in [0.1, 0.15) is 16.1 Å². The number of nitrogens with zero attached hydrogens (tertiary/aromatic N) is 2. The normalized spacial score (nSPS) is 13.4. The molecule has 3 rings (SSSR count). The van der Waals surface area contributed by atoms with Gasteiger partial charge in [-0.15, -0.1) is 0 Å². The largest absolute Gasteiger partial charge is 0.496 e. The summed E-state index contributed by atoms with van der Waals surface area (Å²) in [5.41, 5.74) is 3.36. The lowest BCUT2D eigenvalue weighted by Gasteiger charge is -2.08. The van der Waals surface area contributed by atoms with Gasteiger partial charge in [0.25, 0.3) is 0 Å². The maximum absolute atomic E-state index is 11.4. The van der Waals surface area contributed by atoms with E-state index in [2.05, 4.69) is 4.98 Å². The van der Waals surface area contributed by atoms with Gasteiger partial charge in [0.1, 0.15) is 17.1 Å². The Balaban J connectivity index is 2.22. The SMILES string of the molecule is COc1ccc(C)cc1-c1nc2n(c1C=O)CCS2. The maximum Gasteiger partial charge on any atom is 0.169 e. The average molecular weight is 274 g/mol. The van der Waals surface area contributed by atoms with Gasteiger partial charge in [-0.05, 0) is 19.1 Å². The highest BCUT2D eigenvalue weighted by Crippen LogP contribution is 2.36. The topological polar surface area (TPSA) is 44.1 Å². The Labute approximate surface area is 115 Å². The second-order valence-corrected chi connectivity index (χ2v) is 5.51. The van der Waals surface area contributed by atoms with Crippen LogP contribution in [-0.4, -0.2) is 28.7 Å². The second-order valence-electron chi connectivity index (χ2n) is 4.45. The first-order valence-electron chi connectivity index (χ1n) is 6.08. The number of ether oxygens (including phenoxy) is 1. The van der Waals surface area contributed by atoms with Crippen LogP contribution >= 0.6 is 11.8 Å². The first-order valence-corrected chi connectivity index (χ1v) is 7.06. The van der Waals surface area contributed by atoms with Gasteiger partial charge in [0.2, 0.25) is 0 Å². The molecular formula is C14H14N2O2S. The number of imidazole rings is 1. The lowest BCUT2D eigenvalue weighted by molar-refractivity contribution is 0.111. The van der Waals surface area contributed by atoms with Crippen molar-refractivity contribution in [1.82, 2.24) is 9.55 Å². The number of aldehydes is 1. The molecule has 1 aliphatic rings. The minimum Gasteiger partial charge on any atom is -0.496 e. The standard InChI is InChI=1S/C14H14N2O2S/c1-9-3-4-12(18-2)10(7-9)13-11(8-17)16-5-6-19-14(16)15-13/h3-4,7-8H,5-6H2,1-2H3. The number of hydrogen-bond acceptors (Lipinski definition) is 4. The molecule has 0 saturated heterocycles. The molecule has 0 radical (unpaired) electrons. The Morgan fingerprint density at radius 3 is 3.05 bits per heavy atom. The van der Waals surface area contributed by atoms with Crippen molar-refractivity contribution in [3.63, 3.8) is 0 Å². The molecule has 1 aliphatic heterocycles. The third kappa shape index (κ3) is 1.94. The zero-order chi connectivity index (χ0) is 13.4. The number of rotatable bonds is 3. The molecule has 0 amide bonds. The summed E-state index contributed by atoms with van der Waals surface area (Å²) in [6, 6.07) is 5.91. The predicted molar refractivity (Wildman–Crippen MR) is 75.1 cm³/mol. The molecular weight excluding hydrogens is 260 g/mol. The van der Waals surface area contributed by atoms with Crippen LogP contribution < -0.4 is 4.74 Å². The van der Waals surface area contributed by atoms with Crippen LogP contribution in [0.15, 0.2) is 23.4 Å². The van der Waals surface area contributed by atoms with Crippen molar-refractivity contribution in [2.24, 2.45) is 0 Å². The molecule has 2 heterocycles. The van der Waals surface area contributed by atoms with Crippen LogP contribution in [0.25, 0.3) is 11.3 Å². The average Bonchev–Trinajstić information content (AvgIpc) is 2.98. The molecule has 0 unspecified atom stereocenters. The predicted octanol–water partition coefficient (Wildman–Crippen LogP) is 2.79. The van der Waals surface area contributed by atoms with E-state index in [1.54, 1.807) is 18.9 Å². The lowest BCUT2D eigenvalue weighted by atomic mass is 10.1. The Bertz CT molecular complexity index is 649. The fourth-order valence-corrected chi connectivity index (χ4v) is 3.28. The van der Waals surface area contributed by atoms with Gasteiger partial charge in [-0.25, -0.2) is 4.98 Å². The number of thioether (sulfide) groups is 1. The van der Waals surface area contributed by atoms with Gasteiger partial charge >= 0.3 is 0 Å². The van der Waals surface area contributed by atoms with E-state index >= 15 is 0 Å². The van der Waals surface area contributed by atoms with Gasteiger partial charge in [0, 0.05) is 17.9 Å². The fraction of sp³-hybridized carbons (Fsp3) is 0.286. The van der Waals surface area contributed by atoms with Gasteiger partial charge in [-0.3, -0.25) is 4.79 Å². The molecule has 4 nitrogen and oxygen atoms in total. The van der Waals surface area contributed by atoms with E-state index in [9.17, 15) is 4.79 Å².